The summed E-state index contributed by atoms with van der Waals surface area (Å²) in [6.45, 7) is 1.92. The molecule has 1 aromatic carbocycles. The van der Waals surface area contributed by atoms with E-state index in [4.69, 9.17) is 11.6 Å². The molecular formula is C13H13ClN2O2. The Morgan fingerprint density at radius 3 is 2.61 bits per heavy atom. The molecule has 1 N–H and O–H groups in total. The molecule has 2 rings (SSSR count). The molecular weight excluding hydrogens is 252 g/mol. The van der Waals surface area contributed by atoms with Crippen molar-refractivity contribution in [2.45, 2.75) is 19.6 Å². The Morgan fingerprint density at radius 2 is 1.94 bits per heavy atom. The van der Waals surface area contributed by atoms with Gasteiger partial charge in [0.05, 0.1) is 18.3 Å². The highest BCUT2D eigenvalue weighted by Crippen LogP contribution is 2.17. The van der Waals surface area contributed by atoms with Crippen LogP contribution in [-0.2, 0) is 6.54 Å². The number of aryl methyl sites for hydroxylation is 1. The minimum absolute atomic E-state index is 0.127. The van der Waals surface area contributed by atoms with Crippen molar-refractivity contribution in [3.63, 3.8) is 0 Å². The number of rotatable bonds is 3. The van der Waals surface area contributed by atoms with Crippen LogP contribution >= 0.6 is 11.6 Å². The van der Waals surface area contributed by atoms with Crippen LogP contribution in [0.25, 0.3) is 0 Å². The number of hydrogen-bond acceptors (Lipinski definition) is 3. The van der Waals surface area contributed by atoms with E-state index in [2.05, 4.69) is 5.10 Å². The normalized spacial score (nSPS) is 12.4. The summed E-state index contributed by atoms with van der Waals surface area (Å²) in [4.78, 5) is 11.6. The van der Waals surface area contributed by atoms with Crippen LogP contribution in [0.3, 0.4) is 0 Å². The van der Waals surface area contributed by atoms with Gasteiger partial charge in [0.25, 0.3) is 5.56 Å². The van der Waals surface area contributed by atoms with Crippen LogP contribution in [0.2, 0.25) is 5.02 Å². The molecule has 0 spiro atoms. The predicted octanol–water partition coefficient (Wildman–Crippen LogP) is 1.94. The van der Waals surface area contributed by atoms with E-state index in [-0.39, 0.29) is 12.1 Å². The molecule has 0 bridgehead atoms. The first-order chi connectivity index (χ1) is 8.56. The van der Waals surface area contributed by atoms with Gasteiger partial charge < -0.3 is 5.11 Å². The Morgan fingerprint density at radius 1 is 1.28 bits per heavy atom. The second-order valence-electron chi connectivity index (χ2n) is 4.06. The van der Waals surface area contributed by atoms with Crippen LogP contribution in [0.5, 0.6) is 0 Å². The van der Waals surface area contributed by atoms with Crippen LogP contribution in [0, 0.1) is 6.92 Å². The van der Waals surface area contributed by atoms with Gasteiger partial charge in [0.1, 0.15) is 0 Å². The standard InChI is InChI=1S/C13H13ClN2O2/c1-9-2-7-13(18)16(15-9)8-12(17)10-3-5-11(14)6-4-10/h2-7,12,17H,8H2,1H3. The van der Waals surface area contributed by atoms with Crippen LogP contribution in [0.4, 0.5) is 0 Å². The van der Waals surface area contributed by atoms with Gasteiger partial charge >= 0.3 is 0 Å². The Hall–Kier alpha value is -1.65. The molecule has 0 aliphatic heterocycles. The maximum Gasteiger partial charge on any atom is 0.266 e. The minimum Gasteiger partial charge on any atom is -0.386 e. The van der Waals surface area contributed by atoms with Gasteiger partial charge in [-0.1, -0.05) is 23.7 Å². The highest BCUT2D eigenvalue weighted by Gasteiger charge is 2.10. The summed E-state index contributed by atoms with van der Waals surface area (Å²) in [5, 5.41) is 14.7. The van der Waals surface area contributed by atoms with Crippen molar-refractivity contribution in [3.8, 4) is 0 Å². The van der Waals surface area contributed by atoms with Gasteiger partial charge in [0, 0.05) is 11.1 Å². The highest BCUT2D eigenvalue weighted by molar-refractivity contribution is 6.30. The summed E-state index contributed by atoms with van der Waals surface area (Å²) in [5.41, 5.74) is 1.21. The van der Waals surface area contributed by atoms with E-state index >= 15 is 0 Å². The summed E-state index contributed by atoms with van der Waals surface area (Å²) in [6.07, 6.45) is -0.783. The number of aliphatic hydroxyl groups excluding tert-OH is 1. The zero-order valence-electron chi connectivity index (χ0n) is 9.88. The lowest BCUT2D eigenvalue weighted by molar-refractivity contribution is 0.149. The van der Waals surface area contributed by atoms with E-state index in [9.17, 15) is 9.90 Å². The van der Waals surface area contributed by atoms with Crippen molar-refractivity contribution in [1.82, 2.24) is 9.78 Å². The van der Waals surface area contributed by atoms with E-state index in [0.717, 1.165) is 5.69 Å². The third-order valence-corrected chi connectivity index (χ3v) is 2.85. The van der Waals surface area contributed by atoms with Gasteiger partial charge in [-0.2, -0.15) is 5.10 Å². The first-order valence-corrected chi connectivity index (χ1v) is 5.92. The van der Waals surface area contributed by atoms with Crippen molar-refractivity contribution in [1.29, 1.82) is 0 Å². The second-order valence-corrected chi connectivity index (χ2v) is 4.50. The quantitative estimate of drug-likeness (QED) is 0.922. The summed E-state index contributed by atoms with van der Waals surface area (Å²) in [7, 11) is 0. The van der Waals surface area contributed by atoms with Gasteiger partial charge in [0.15, 0.2) is 0 Å². The smallest absolute Gasteiger partial charge is 0.266 e. The predicted molar refractivity (Wildman–Crippen MR) is 69.6 cm³/mol. The number of halogens is 1. The number of benzene rings is 1. The summed E-state index contributed by atoms with van der Waals surface area (Å²) >= 11 is 5.77. The molecule has 0 saturated heterocycles. The van der Waals surface area contributed by atoms with Crippen molar-refractivity contribution < 1.29 is 5.11 Å². The first-order valence-electron chi connectivity index (χ1n) is 5.54. The number of hydrogen-bond donors (Lipinski definition) is 1. The van der Waals surface area contributed by atoms with E-state index in [1.807, 2.05) is 0 Å². The zero-order valence-corrected chi connectivity index (χ0v) is 10.6. The van der Waals surface area contributed by atoms with Crippen LogP contribution in [0.15, 0.2) is 41.2 Å². The molecule has 0 aliphatic rings. The number of nitrogens with zero attached hydrogens (tertiary/aromatic N) is 2. The largest absolute Gasteiger partial charge is 0.386 e. The molecule has 2 aromatic rings. The van der Waals surface area contributed by atoms with E-state index in [1.54, 1.807) is 37.3 Å². The summed E-state index contributed by atoms with van der Waals surface area (Å²) in [5.74, 6) is 0. The lowest BCUT2D eigenvalue weighted by Gasteiger charge is -2.12. The molecule has 1 atom stereocenters. The Balaban J connectivity index is 2.21. The molecule has 0 aliphatic carbocycles. The molecule has 4 nitrogen and oxygen atoms in total. The maximum absolute atomic E-state index is 11.6. The molecule has 0 fully saturated rings. The first kappa shape index (κ1) is 12.8. The van der Waals surface area contributed by atoms with Crippen LogP contribution < -0.4 is 5.56 Å². The fraction of sp³-hybridized carbons (Fsp3) is 0.231. The molecule has 94 valence electrons. The SMILES string of the molecule is Cc1ccc(=O)n(CC(O)c2ccc(Cl)cc2)n1. The van der Waals surface area contributed by atoms with Crippen molar-refractivity contribution in [2.75, 3.05) is 0 Å². The van der Waals surface area contributed by atoms with Crippen molar-refractivity contribution in [3.05, 3.63) is 63.0 Å². The van der Waals surface area contributed by atoms with Gasteiger partial charge in [-0.05, 0) is 30.7 Å². The van der Waals surface area contributed by atoms with Gasteiger partial charge in [-0.25, -0.2) is 4.68 Å². The Bertz CT molecular complexity index is 593. The fourth-order valence-electron chi connectivity index (χ4n) is 1.64. The van der Waals surface area contributed by atoms with Crippen molar-refractivity contribution in [2.24, 2.45) is 0 Å². The van der Waals surface area contributed by atoms with Crippen LogP contribution in [0.1, 0.15) is 17.4 Å². The molecule has 0 saturated carbocycles. The average Bonchev–Trinajstić information content (AvgIpc) is 2.34. The second kappa shape index (κ2) is 5.33. The topological polar surface area (TPSA) is 55.1 Å². The minimum atomic E-state index is -0.783. The Kier molecular flexibility index (Phi) is 3.79. The number of aliphatic hydroxyl groups is 1. The van der Waals surface area contributed by atoms with Crippen molar-refractivity contribution >= 4 is 11.6 Å². The lowest BCUT2D eigenvalue weighted by Crippen LogP contribution is -2.25. The lowest BCUT2D eigenvalue weighted by atomic mass is 10.1. The molecule has 0 radical (unpaired) electrons. The summed E-state index contributed by atoms with van der Waals surface area (Å²) in [6, 6.07) is 9.95. The fourth-order valence-corrected chi connectivity index (χ4v) is 1.76. The molecule has 5 heteroatoms. The molecule has 18 heavy (non-hydrogen) atoms. The maximum atomic E-state index is 11.6. The molecule has 1 aromatic heterocycles. The molecule has 1 heterocycles. The van der Waals surface area contributed by atoms with E-state index in [0.29, 0.717) is 10.6 Å². The molecule has 0 amide bonds. The monoisotopic (exact) mass is 264 g/mol. The van der Waals surface area contributed by atoms with Crippen LogP contribution in [-0.4, -0.2) is 14.9 Å². The zero-order chi connectivity index (χ0) is 13.1. The van der Waals surface area contributed by atoms with E-state index in [1.165, 1.54) is 10.7 Å². The third kappa shape index (κ3) is 2.97. The molecule has 1 unspecified atom stereocenters. The van der Waals surface area contributed by atoms with E-state index < -0.39 is 6.10 Å². The average molecular weight is 265 g/mol. The number of aromatic nitrogens is 2. The van der Waals surface area contributed by atoms with Gasteiger partial charge in [-0.15, -0.1) is 0 Å². The van der Waals surface area contributed by atoms with Gasteiger partial charge in [0.2, 0.25) is 0 Å². The summed E-state index contributed by atoms with van der Waals surface area (Å²) < 4.78 is 1.26. The third-order valence-electron chi connectivity index (χ3n) is 2.60. The highest BCUT2D eigenvalue weighted by atomic mass is 35.5. The van der Waals surface area contributed by atoms with Gasteiger partial charge in [-0.3, -0.25) is 4.79 Å². The Labute approximate surface area is 109 Å².